The molecule has 1 aromatic heterocycles. The van der Waals surface area contributed by atoms with E-state index in [9.17, 15) is 9.90 Å². The average Bonchev–Trinajstić information content (AvgIpc) is 3.16. The zero-order valence-corrected chi connectivity index (χ0v) is 13.0. The number of hydrogen-bond donors (Lipinski definition) is 2. The van der Waals surface area contributed by atoms with E-state index in [0.29, 0.717) is 0 Å². The number of aromatic nitrogens is 2. The highest BCUT2D eigenvalue weighted by Crippen LogP contribution is 2.25. The summed E-state index contributed by atoms with van der Waals surface area (Å²) in [6, 6.07) is 1.85. The van der Waals surface area contributed by atoms with Crippen LogP contribution < -0.4 is 5.32 Å². The molecule has 0 unspecified atom stereocenters. The first-order valence-corrected chi connectivity index (χ1v) is 8.43. The SMILES string of the molecule is O=C(Cn1cccn1)N[C@@H]1CCCC[C@@H](N2CCCC2)[C@@H]1O. The Hall–Kier alpha value is -1.40. The molecule has 1 saturated carbocycles. The lowest BCUT2D eigenvalue weighted by Crippen LogP contribution is -2.53. The highest BCUT2D eigenvalue weighted by Gasteiger charge is 2.35. The first-order valence-electron chi connectivity index (χ1n) is 8.43. The number of nitrogens with zero attached hydrogens (tertiary/aromatic N) is 3. The van der Waals surface area contributed by atoms with Crippen LogP contribution in [0.25, 0.3) is 0 Å². The molecule has 2 heterocycles. The van der Waals surface area contributed by atoms with E-state index in [-0.39, 0.29) is 24.5 Å². The van der Waals surface area contributed by atoms with Gasteiger partial charge in [0.1, 0.15) is 6.54 Å². The predicted molar refractivity (Wildman–Crippen MR) is 83.2 cm³/mol. The minimum absolute atomic E-state index is 0.0742. The van der Waals surface area contributed by atoms with E-state index in [4.69, 9.17) is 0 Å². The number of hydrogen-bond acceptors (Lipinski definition) is 4. The van der Waals surface area contributed by atoms with Gasteiger partial charge in [-0.25, -0.2) is 0 Å². The normalized spacial score (nSPS) is 30.1. The second kappa shape index (κ2) is 7.24. The van der Waals surface area contributed by atoms with Crippen LogP contribution in [0.3, 0.4) is 0 Å². The minimum Gasteiger partial charge on any atom is -0.389 e. The van der Waals surface area contributed by atoms with Crippen molar-refractivity contribution in [1.82, 2.24) is 20.0 Å². The van der Waals surface area contributed by atoms with Crippen molar-refractivity contribution in [3.8, 4) is 0 Å². The summed E-state index contributed by atoms with van der Waals surface area (Å²) >= 11 is 0. The van der Waals surface area contributed by atoms with Gasteiger partial charge >= 0.3 is 0 Å². The van der Waals surface area contributed by atoms with E-state index in [1.807, 2.05) is 0 Å². The van der Waals surface area contributed by atoms with Crippen LogP contribution in [0, 0.1) is 0 Å². The molecular weight excluding hydrogens is 280 g/mol. The van der Waals surface area contributed by atoms with Crippen molar-refractivity contribution in [2.24, 2.45) is 0 Å². The topological polar surface area (TPSA) is 70.4 Å². The fourth-order valence-corrected chi connectivity index (χ4v) is 3.75. The number of carbonyl (C=O) groups excluding carboxylic acids is 1. The summed E-state index contributed by atoms with van der Waals surface area (Å²) in [7, 11) is 0. The molecule has 1 saturated heterocycles. The third-order valence-corrected chi connectivity index (χ3v) is 4.89. The average molecular weight is 306 g/mol. The molecule has 122 valence electrons. The molecule has 6 heteroatoms. The standard InChI is InChI=1S/C16H26N4O2/c21-15(12-20-11-5-8-17-20)18-13-6-1-2-7-14(16(13)22)19-9-3-4-10-19/h5,8,11,13-14,16,22H,1-4,6-7,9-10,12H2,(H,18,21)/t13-,14-,16-/m1/s1. The Morgan fingerprint density at radius 2 is 2.00 bits per heavy atom. The number of aliphatic hydroxyl groups excluding tert-OH is 1. The molecule has 2 fully saturated rings. The van der Waals surface area contributed by atoms with Crippen molar-refractivity contribution in [2.75, 3.05) is 13.1 Å². The van der Waals surface area contributed by atoms with Gasteiger partial charge in [0.05, 0.1) is 12.1 Å². The van der Waals surface area contributed by atoms with Crippen molar-refractivity contribution in [2.45, 2.75) is 63.3 Å². The number of likely N-dealkylation sites (tertiary alicyclic amines) is 1. The Balaban J connectivity index is 1.59. The van der Waals surface area contributed by atoms with Crippen LogP contribution in [0.5, 0.6) is 0 Å². The molecular formula is C16H26N4O2. The molecule has 1 aliphatic carbocycles. The lowest BCUT2D eigenvalue weighted by Gasteiger charge is -2.34. The third-order valence-electron chi connectivity index (χ3n) is 4.89. The van der Waals surface area contributed by atoms with E-state index in [1.54, 1.807) is 23.1 Å². The number of aliphatic hydroxyl groups is 1. The summed E-state index contributed by atoms with van der Waals surface area (Å²) in [5.41, 5.74) is 0. The Kier molecular flexibility index (Phi) is 5.10. The van der Waals surface area contributed by atoms with Gasteiger partial charge < -0.3 is 10.4 Å². The lowest BCUT2D eigenvalue weighted by molar-refractivity contribution is -0.123. The molecule has 3 atom stereocenters. The fraction of sp³-hybridized carbons (Fsp3) is 0.750. The van der Waals surface area contributed by atoms with E-state index in [2.05, 4.69) is 15.3 Å². The van der Waals surface area contributed by atoms with Gasteiger partial charge in [-0.05, 0) is 44.8 Å². The summed E-state index contributed by atoms with van der Waals surface area (Å²) in [6.07, 6.45) is 9.50. The van der Waals surface area contributed by atoms with Crippen molar-refractivity contribution in [3.63, 3.8) is 0 Å². The first-order chi connectivity index (χ1) is 10.7. The van der Waals surface area contributed by atoms with Gasteiger partial charge in [0, 0.05) is 18.4 Å². The Bertz CT molecular complexity index is 471. The molecule has 3 rings (SSSR count). The van der Waals surface area contributed by atoms with Crippen LogP contribution in [0.4, 0.5) is 0 Å². The summed E-state index contributed by atoms with van der Waals surface area (Å²) < 4.78 is 1.61. The molecule has 0 spiro atoms. The summed E-state index contributed by atoms with van der Waals surface area (Å²) in [6.45, 7) is 2.37. The van der Waals surface area contributed by atoms with Crippen LogP contribution in [0.15, 0.2) is 18.5 Å². The monoisotopic (exact) mass is 306 g/mol. The van der Waals surface area contributed by atoms with Gasteiger partial charge in [-0.3, -0.25) is 14.4 Å². The van der Waals surface area contributed by atoms with E-state index in [0.717, 1.165) is 38.8 Å². The fourth-order valence-electron chi connectivity index (χ4n) is 3.75. The number of rotatable bonds is 4. The molecule has 22 heavy (non-hydrogen) atoms. The molecule has 1 amide bonds. The Morgan fingerprint density at radius 3 is 2.73 bits per heavy atom. The third kappa shape index (κ3) is 3.67. The van der Waals surface area contributed by atoms with Crippen LogP contribution in [-0.4, -0.2) is 57.0 Å². The molecule has 0 aromatic carbocycles. The predicted octanol–water partition coefficient (Wildman–Crippen LogP) is 0.767. The maximum Gasteiger partial charge on any atom is 0.242 e. The van der Waals surface area contributed by atoms with Crippen LogP contribution in [-0.2, 0) is 11.3 Å². The van der Waals surface area contributed by atoms with Crippen LogP contribution in [0.2, 0.25) is 0 Å². The quantitative estimate of drug-likeness (QED) is 0.806. The summed E-state index contributed by atoms with van der Waals surface area (Å²) in [5.74, 6) is -0.0742. The summed E-state index contributed by atoms with van der Waals surface area (Å²) in [4.78, 5) is 14.6. The number of carbonyl (C=O) groups is 1. The van der Waals surface area contributed by atoms with E-state index < -0.39 is 6.10 Å². The largest absolute Gasteiger partial charge is 0.389 e. The maximum absolute atomic E-state index is 12.2. The first kappa shape index (κ1) is 15.5. The van der Waals surface area contributed by atoms with Crippen molar-refractivity contribution in [1.29, 1.82) is 0 Å². The minimum atomic E-state index is -0.470. The smallest absolute Gasteiger partial charge is 0.242 e. The van der Waals surface area contributed by atoms with Gasteiger partial charge in [0.25, 0.3) is 0 Å². The van der Waals surface area contributed by atoms with Gasteiger partial charge in [-0.1, -0.05) is 12.8 Å². The number of nitrogens with one attached hydrogen (secondary N) is 1. The molecule has 2 aliphatic rings. The lowest BCUT2D eigenvalue weighted by atomic mass is 10.0. The molecule has 0 radical (unpaired) electrons. The maximum atomic E-state index is 12.2. The summed E-state index contributed by atoms with van der Waals surface area (Å²) in [5, 5.41) is 17.8. The van der Waals surface area contributed by atoms with Gasteiger partial charge in [0.15, 0.2) is 0 Å². The van der Waals surface area contributed by atoms with E-state index in [1.165, 1.54) is 12.8 Å². The molecule has 2 N–H and O–H groups in total. The second-order valence-corrected chi connectivity index (χ2v) is 6.46. The molecule has 1 aliphatic heterocycles. The van der Waals surface area contributed by atoms with Gasteiger partial charge in [-0.15, -0.1) is 0 Å². The van der Waals surface area contributed by atoms with Crippen molar-refractivity contribution in [3.05, 3.63) is 18.5 Å². The highest BCUT2D eigenvalue weighted by molar-refractivity contribution is 5.76. The van der Waals surface area contributed by atoms with Gasteiger partial charge in [-0.2, -0.15) is 5.10 Å². The van der Waals surface area contributed by atoms with Crippen LogP contribution >= 0.6 is 0 Å². The van der Waals surface area contributed by atoms with Crippen molar-refractivity contribution < 1.29 is 9.90 Å². The Morgan fingerprint density at radius 1 is 1.23 bits per heavy atom. The van der Waals surface area contributed by atoms with Gasteiger partial charge in [0.2, 0.25) is 5.91 Å². The van der Waals surface area contributed by atoms with E-state index >= 15 is 0 Å². The molecule has 6 nitrogen and oxygen atoms in total. The number of amides is 1. The highest BCUT2D eigenvalue weighted by atomic mass is 16.3. The molecule has 1 aromatic rings. The van der Waals surface area contributed by atoms with Crippen molar-refractivity contribution >= 4 is 5.91 Å². The second-order valence-electron chi connectivity index (χ2n) is 6.46. The van der Waals surface area contributed by atoms with Crippen LogP contribution in [0.1, 0.15) is 38.5 Å². The molecule has 0 bridgehead atoms. The Labute approximate surface area is 131 Å². The zero-order chi connectivity index (χ0) is 15.4. The zero-order valence-electron chi connectivity index (χ0n) is 13.0.